The maximum absolute atomic E-state index is 11.1. The van der Waals surface area contributed by atoms with Crippen LogP contribution in [0.4, 0.5) is 5.69 Å². The fourth-order valence-corrected chi connectivity index (χ4v) is 2.04. The van der Waals surface area contributed by atoms with Crippen molar-refractivity contribution >= 4 is 11.5 Å². The molecule has 1 heterocycles. The van der Waals surface area contributed by atoms with Gasteiger partial charge in [0, 0.05) is 12.2 Å². The average molecular weight is 189 g/mol. The summed E-state index contributed by atoms with van der Waals surface area (Å²) in [5.74, 6) is 0.238. The fraction of sp³-hybridized carbons (Fsp3) is 0.417. The molecule has 1 aromatic carbocycles. The van der Waals surface area contributed by atoms with E-state index >= 15 is 0 Å². The number of hydrogen-bond acceptors (Lipinski definition) is 2. The number of ketones is 1. The third-order valence-electron chi connectivity index (χ3n) is 2.62. The molecule has 2 rings (SSSR count). The summed E-state index contributed by atoms with van der Waals surface area (Å²) in [4.78, 5) is 13.3. The van der Waals surface area contributed by atoms with Crippen LogP contribution in [-0.2, 0) is 11.2 Å². The number of aryl methyl sites for hydroxylation is 1. The summed E-state index contributed by atoms with van der Waals surface area (Å²) in [6.45, 7) is 3.21. The Kier molecular flexibility index (Phi) is 2.53. The van der Waals surface area contributed by atoms with Crippen LogP contribution in [0.15, 0.2) is 24.3 Å². The number of carbonyl (C=O) groups is 1. The van der Waals surface area contributed by atoms with E-state index in [1.54, 1.807) is 6.92 Å². The Hall–Kier alpha value is -1.31. The lowest BCUT2D eigenvalue weighted by Gasteiger charge is -2.30. The first-order valence-corrected chi connectivity index (χ1v) is 5.09. The molecule has 0 bridgehead atoms. The zero-order valence-electron chi connectivity index (χ0n) is 8.49. The second-order valence-electron chi connectivity index (χ2n) is 3.86. The Morgan fingerprint density at radius 3 is 3.00 bits per heavy atom. The van der Waals surface area contributed by atoms with Crippen LogP contribution >= 0.6 is 0 Å². The number of fused-ring (bicyclic) bond motifs is 1. The van der Waals surface area contributed by atoms with E-state index in [-0.39, 0.29) is 5.78 Å². The molecule has 2 heteroatoms. The van der Waals surface area contributed by atoms with Crippen molar-refractivity contribution in [3.63, 3.8) is 0 Å². The van der Waals surface area contributed by atoms with Gasteiger partial charge in [-0.1, -0.05) is 18.2 Å². The van der Waals surface area contributed by atoms with Crippen LogP contribution in [0.25, 0.3) is 0 Å². The maximum atomic E-state index is 11.1. The van der Waals surface area contributed by atoms with Gasteiger partial charge in [0.1, 0.15) is 5.78 Å². The maximum Gasteiger partial charge on any atom is 0.149 e. The lowest BCUT2D eigenvalue weighted by Crippen LogP contribution is -2.33. The molecular formula is C12H15NO. The van der Waals surface area contributed by atoms with Gasteiger partial charge >= 0.3 is 0 Å². The number of rotatable bonds is 2. The first kappa shape index (κ1) is 9.25. The molecule has 0 amide bonds. The molecule has 1 aromatic rings. The van der Waals surface area contributed by atoms with Gasteiger partial charge in [-0.15, -0.1) is 0 Å². The Morgan fingerprint density at radius 2 is 2.21 bits per heavy atom. The average Bonchev–Trinajstić information content (AvgIpc) is 2.18. The van der Waals surface area contributed by atoms with Crippen molar-refractivity contribution in [2.24, 2.45) is 0 Å². The number of hydrogen-bond donors (Lipinski definition) is 0. The van der Waals surface area contributed by atoms with Crippen molar-refractivity contribution in [1.82, 2.24) is 0 Å². The summed E-state index contributed by atoms with van der Waals surface area (Å²) in [6, 6.07) is 8.37. The Bertz CT molecular complexity index is 346. The van der Waals surface area contributed by atoms with Crippen molar-refractivity contribution in [3.8, 4) is 0 Å². The third-order valence-corrected chi connectivity index (χ3v) is 2.62. The molecule has 0 unspecified atom stereocenters. The molecule has 2 nitrogen and oxygen atoms in total. The number of anilines is 1. The largest absolute Gasteiger partial charge is 0.364 e. The van der Waals surface area contributed by atoms with Crippen molar-refractivity contribution < 1.29 is 4.79 Å². The third kappa shape index (κ3) is 1.79. The van der Waals surface area contributed by atoms with E-state index in [9.17, 15) is 4.79 Å². The smallest absolute Gasteiger partial charge is 0.149 e. The Labute approximate surface area is 84.5 Å². The SMILES string of the molecule is CC(=O)CN1CCCc2ccccc21. The standard InChI is InChI=1S/C12H15NO/c1-10(14)9-13-8-4-6-11-5-2-3-7-12(11)13/h2-3,5,7H,4,6,8-9H2,1H3. The summed E-state index contributed by atoms with van der Waals surface area (Å²) in [5.41, 5.74) is 2.62. The highest BCUT2D eigenvalue weighted by molar-refractivity contribution is 5.81. The zero-order chi connectivity index (χ0) is 9.97. The van der Waals surface area contributed by atoms with Crippen LogP contribution in [0.1, 0.15) is 18.9 Å². The molecule has 74 valence electrons. The first-order chi connectivity index (χ1) is 6.77. The van der Waals surface area contributed by atoms with Gasteiger partial charge in [0.2, 0.25) is 0 Å². The molecule has 14 heavy (non-hydrogen) atoms. The van der Waals surface area contributed by atoms with E-state index in [4.69, 9.17) is 0 Å². The van der Waals surface area contributed by atoms with Crippen molar-refractivity contribution in [3.05, 3.63) is 29.8 Å². The molecule has 0 aliphatic carbocycles. The van der Waals surface area contributed by atoms with Gasteiger partial charge in [0.15, 0.2) is 0 Å². The predicted molar refractivity (Wildman–Crippen MR) is 57.7 cm³/mol. The predicted octanol–water partition coefficient (Wildman–Crippen LogP) is 2.03. The second kappa shape index (κ2) is 3.82. The summed E-state index contributed by atoms with van der Waals surface area (Å²) >= 11 is 0. The summed E-state index contributed by atoms with van der Waals surface area (Å²) in [6.07, 6.45) is 2.30. The molecule has 0 aromatic heterocycles. The topological polar surface area (TPSA) is 20.3 Å². The molecular weight excluding hydrogens is 174 g/mol. The van der Waals surface area contributed by atoms with Gasteiger partial charge in [-0.3, -0.25) is 4.79 Å². The minimum Gasteiger partial charge on any atom is -0.364 e. The van der Waals surface area contributed by atoms with Crippen LogP contribution in [0, 0.1) is 0 Å². The minimum atomic E-state index is 0.238. The lowest BCUT2D eigenvalue weighted by molar-refractivity contribution is -0.115. The molecule has 1 aliphatic rings. The van der Waals surface area contributed by atoms with Crippen LogP contribution in [0.3, 0.4) is 0 Å². The summed E-state index contributed by atoms with van der Waals surface area (Å²) in [5, 5.41) is 0. The normalized spacial score (nSPS) is 15.1. The van der Waals surface area contributed by atoms with Crippen LogP contribution in [0.5, 0.6) is 0 Å². The molecule has 0 N–H and O–H groups in total. The highest BCUT2D eigenvalue weighted by atomic mass is 16.1. The zero-order valence-corrected chi connectivity index (χ0v) is 8.49. The van der Waals surface area contributed by atoms with Gasteiger partial charge in [-0.05, 0) is 31.4 Å². The van der Waals surface area contributed by atoms with E-state index in [0.29, 0.717) is 6.54 Å². The fourth-order valence-electron chi connectivity index (χ4n) is 2.04. The Balaban J connectivity index is 2.26. The van der Waals surface area contributed by atoms with Gasteiger partial charge in [-0.25, -0.2) is 0 Å². The van der Waals surface area contributed by atoms with Gasteiger partial charge in [0.05, 0.1) is 6.54 Å². The number of Topliss-reactive ketones (excluding diaryl/α,β-unsaturated/α-hetero) is 1. The first-order valence-electron chi connectivity index (χ1n) is 5.09. The monoisotopic (exact) mass is 189 g/mol. The number of carbonyl (C=O) groups excluding carboxylic acids is 1. The second-order valence-corrected chi connectivity index (χ2v) is 3.86. The molecule has 0 saturated carbocycles. The number of para-hydroxylation sites is 1. The summed E-state index contributed by atoms with van der Waals surface area (Å²) < 4.78 is 0. The van der Waals surface area contributed by atoms with Crippen molar-refractivity contribution in [1.29, 1.82) is 0 Å². The van der Waals surface area contributed by atoms with E-state index in [1.165, 1.54) is 11.3 Å². The van der Waals surface area contributed by atoms with E-state index in [1.807, 2.05) is 6.07 Å². The lowest BCUT2D eigenvalue weighted by atomic mass is 10.0. The minimum absolute atomic E-state index is 0.238. The molecule has 0 spiro atoms. The quantitative estimate of drug-likeness (QED) is 0.709. The highest BCUT2D eigenvalue weighted by Gasteiger charge is 2.16. The summed E-state index contributed by atoms with van der Waals surface area (Å²) in [7, 11) is 0. The van der Waals surface area contributed by atoms with Gasteiger partial charge in [-0.2, -0.15) is 0 Å². The molecule has 0 fully saturated rings. The number of benzene rings is 1. The van der Waals surface area contributed by atoms with Crippen molar-refractivity contribution in [2.45, 2.75) is 19.8 Å². The van der Waals surface area contributed by atoms with Crippen LogP contribution < -0.4 is 4.90 Å². The van der Waals surface area contributed by atoms with E-state index in [2.05, 4.69) is 23.1 Å². The van der Waals surface area contributed by atoms with Crippen LogP contribution in [-0.4, -0.2) is 18.9 Å². The number of nitrogens with zero attached hydrogens (tertiary/aromatic N) is 1. The molecule has 0 atom stereocenters. The molecule has 0 radical (unpaired) electrons. The molecule has 1 aliphatic heterocycles. The van der Waals surface area contributed by atoms with E-state index in [0.717, 1.165) is 19.4 Å². The highest BCUT2D eigenvalue weighted by Crippen LogP contribution is 2.26. The Morgan fingerprint density at radius 1 is 1.43 bits per heavy atom. The van der Waals surface area contributed by atoms with Crippen molar-refractivity contribution in [2.75, 3.05) is 18.0 Å². The van der Waals surface area contributed by atoms with Gasteiger partial charge in [0.25, 0.3) is 0 Å². The molecule has 0 saturated heterocycles. The van der Waals surface area contributed by atoms with Gasteiger partial charge < -0.3 is 4.90 Å². The van der Waals surface area contributed by atoms with E-state index < -0.39 is 0 Å². The van der Waals surface area contributed by atoms with Crippen LogP contribution in [0.2, 0.25) is 0 Å².